The largest absolute Gasteiger partial charge is 0.338 e. The Morgan fingerprint density at radius 1 is 1.12 bits per heavy atom. The Labute approximate surface area is 187 Å². The molecule has 4 rings (SSSR count). The van der Waals surface area contributed by atoms with Crippen molar-refractivity contribution in [3.8, 4) is 22.4 Å². The van der Waals surface area contributed by atoms with Crippen LogP contribution in [0.3, 0.4) is 0 Å². The molecule has 2 amide bonds. The summed E-state index contributed by atoms with van der Waals surface area (Å²) in [6, 6.07) is 10.3. The van der Waals surface area contributed by atoms with Gasteiger partial charge in [-0.3, -0.25) is 15.3 Å². The number of urea groups is 1. The van der Waals surface area contributed by atoms with Gasteiger partial charge in [0.15, 0.2) is 5.13 Å². The number of carbonyl (C=O) groups is 1. The third-order valence-electron chi connectivity index (χ3n) is 4.95. The van der Waals surface area contributed by atoms with Gasteiger partial charge in [-0.1, -0.05) is 24.3 Å². The zero-order valence-corrected chi connectivity index (χ0v) is 18.3. The Balaban J connectivity index is 1.83. The second kappa shape index (κ2) is 8.96. The van der Waals surface area contributed by atoms with E-state index in [4.69, 9.17) is 0 Å². The normalized spacial score (nSPS) is 11.5. The van der Waals surface area contributed by atoms with Gasteiger partial charge < -0.3 is 5.32 Å². The van der Waals surface area contributed by atoms with Gasteiger partial charge in [0.05, 0.1) is 15.9 Å². The average molecular weight is 454 g/mol. The molecule has 0 bridgehead atoms. The molecule has 0 spiro atoms. The molecule has 0 radical (unpaired) electrons. The standard InChI is InChI=1S/C23H21F2N5OS/c1-3-23(24,25)16-7-8-18(28-13-16)17-10-15(14-6-5-9-26-12-14)11-19-20(17)32-22(29-19)30-21(31)27-4-2/h5-13H,3-4H2,1-2H3,(H2,27,29,30,31). The van der Waals surface area contributed by atoms with Gasteiger partial charge in [0.25, 0.3) is 5.92 Å². The van der Waals surface area contributed by atoms with Crippen LogP contribution >= 0.6 is 11.3 Å². The quantitative estimate of drug-likeness (QED) is 0.372. The number of nitrogens with one attached hydrogen (secondary N) is 2. The highest BCUT2D eigenvalue weighted by Crippen LogP contribution is 2.39. The lowest BCUT2D eigenvalue weighted by Crippen LogP contribution is -2.28. The molecule has 32 heavy (non-hydrogen) atoms. The molecule has 164 valence electrons. The molecule has 0 aliphatic rings. The number of fused-ring (bicyclic) bond motifs is 1. The number of thiazole rings is 1. The topological polar surface area (TPSA) is 79.8 Å². The fourth-order valence-electron chi connectivity index (χ4n) is 3.25. The van der Waals surface area contributed by atoms with Crippen molar-refractivity contribution in [3.63, 3.8) is 0 Å². The van der Waals surface area contributed by atoms with Gasteiger partial charge in [0, 0.05) is 48.2 Å². The number of benzene rings is 1. The molecule has 4 aromatic rings. The molecule has 0 saturated carbocycles. The number of anilines is 1. The van der Waals surface area contributed by atoms with Crippen molar-refractivity contribution in [2.75, 3.05) is 11.9 Å². The van der Waals surface area contributed by atoms with Crippen molar-refractivity contribution in [2.45, 2.75) is 26.2 Å². The molecule has 0 unspecified atom stereocenters. The van der Waals surface area contributed by atoms with Gasteiger partial charge >= 0.3 is 6.03 Å². The molecule has 0 fully saturated rings. The second-order valence-corrected chi connectivity index (χ2v) is 8.11. The van der Waals surface area contributed by atoms with Crippen LogP contribution < -0.4 is 10.6 Å². The molecule has 3 heterocycles. The minimum atomic E-state index is -2.92. The Morgan fingerprint density at radius 3 is 2.62 bits per heavy atom. The maximum absolute atomic E-state index is 14.0. The van der Waals surface area contributed by atoms with Crippen molar-refractivity contribution in [1.29, 1.82) is 0 Å². The van der Waals surface area contributed by atoms with E-state index in [2.05, 4.69) is 25.6 Å². The molecule has 0 atom stereocenters. The fraction of sp³-hybridized carbons (Fsp3) is 0.217. The van der Waals surface area contributed by atoms with Gasteiger partial charge in [0.1, 0.15) is 0 Å². The first-order valence-electron chi connectivity index (χ1n) is 10.2. The number of pyridine rings is 2. The summed E-state index contributed by atoms with van der Waals surface area (Å²) in [5, 5.41) is 5.84. The lowest BCUT2D eigenvalue weighted by Gasteiger charge is -2.14. The van der Waals surface area contributed by atoms with E-state index in [0.717, 1.165) is 21.4 Å². The van der Waals surface area contributed by atoms with Crippen LogP contribution in [0.5, 0.6) is 0 Å². The fourth-order valence-corrected chi connectivity index (χ4v) is 4.22. The molecule has 0 saturated heterocycles. The van der Waals surface area contributed by atoms with Crippen LogP contribution in [0, 0.1) is 0 Å². The van der Waals surface area contributed by atoms with E-state index < -0.39 is 5.92 Å². The third-order valence-corrected chi connectivity index (χ3v) is 5.97. The van der Waals surface area contributed by atoms with Crippen LogP contribution in [0.4, 0.5) is 18.7 Å². The SMILES string of the molecule is CCNC(=O)Nc1nc2cc(-c3cccnc3)cc(-c3ccc(C(F)(F)CC)cn3)c2s1. The van der Waals surface area contributed by atoms with Gasteiger partial charge in [-0.05, 0) is 42.8 Å². The van der Waals surface area contributed by atoms with E-state index in [-0.39, 0.29) is 18.0 Å². The Kier molecular flexibility index (Phi) is 6.09. The van der Waals surface area contributed by atoms with E-state index in [0.29, 0.717) is 22.9 Å². The van der Waals surface area contributed by atoms with Crippen LogP contribution in [0.1, 0.15) is 25.8 Å². The zero-order valence-electron chi connectivity index (χ0n) is 17.5. The first-order chi connectivity index (χ1) is 15.4. The minimum absolute atomic E-state index is 0.119. The smallest absolute Gasteiger partial charge is 0.321 e. The monoisotopic (exact) mass is 453 g/mol. The Bertz CT molecular complexity index is 1240. The van der Waals surface area contributed by atoms with E-state index in [9.17, 15) is 13.6 Å². The number of alkyl halides is 2. The molecule has 1 aromatic carbocycles. The zero-order chi connectivity index (χ0) is 22.7. The summed E-state index contributed by atoms with van der Waals surface area (Å²) in [5.74, 6) is -2.92. The summed E-state index contributed by atoms with van der Waals surface area (Å²) >= 11 is 1.30. The number of hydrogen-bond acceptors (Lipinski definition) is 5. The number of nitrogens with zero attached hydrogens (tertiary/aromatic N) is 3. The maximum atomic E-state index is 14.0. The van der Waals surface area contributed by atoms with Crippen LogP contribution in [0.2, 0.25) is 0 Å². The number of amides is 2. The van der Waals surface area contributed by atoms with Crippen molar-refractivity contribution < 1.29 is 13.6 Å². The van der Waals surface area contributed by atoms with E-state index >= 15 is 0 Å². The number of aromatic nitrogens is 3. The van der Waals surface area contributed by atoms with Gasteiger partial charge in [-0.25, -0.2) is 18.6 Å². The Morgan fingerprint density at radius 2 is 1.97 bits per heavy atom. The van der Waals surface area contributed by atoms with Crippen LogP contribution in [0.25, 0.3) is 32.6 Å². The number of hydrogen-bond donors (Lipinski definition) is 2. The van der Waals surface area contributed by atoms with E-state index in [1.807, 2.05) is 31.2 Å². The third kappa shape index (κ3) is 4.43. The molecular weight excluding hydrogens is 432 g/mol. The lowest BCUT2D eigenvalue weighted by molar-refractivity contribution is -0.00859. The molecular formula is C23H21F2N5OS. The molecule has 0 aliphatic heterocycles. The van der Waals surface area contributed by atoms with Crippen molar-refractivity contribution in [2.24, 2.45) is 0 Å². The summed E-state index contributed by atoms with van der Waals surface area (Å²) < 4.78 is 28.9. The van der Waals surface area contributed by atoms with E-state index in [1.165, 1.54) is 30.5 Å². The summed E-state index contributed by atoms with van der Waals surface area (Å²) in [6.45, 7) is 3.76. The van der Waals surface area contributed by atoms with Crippen LogP contribution in [-0.4, -0.2) is 27.5 Å². The van der Waals surface area contributed by atoms with Gasteiger partial charge in [-0.15, -0.1) is 0 Å². The van der Waals surface area contributed by atoms with Crippen molar-refractivity contribution in [1.82, 2.24) is 20.3 Å². The van der Waals surface area contributed by atoms with Crippen molar-refractivity contribution >= 4 is 32.7 Å². The minimum Gasteiger partial charge on any atom is -0.338 e. The highest BCUT2D eigenvalue weighted by molar-refractivity contribution is 7.22. The lowest BCUT2D eigenvalue weighted by atomic mass is 10.0. The molecule has 3 aromatic heterocycles. The molecule has 2 N–H and O–H groups in total. The predicted octanol–water partition coefficient (Wildman–Crippen LogP) is 6.06. The van der Waals surface area contributed by atoms with E-state index in [1.54, 1.807) is 18.5 Å². The highest BCUT2D eigenvalue weighted by atomic mass is 32.1. The molecule has 0 aliphatic carbocycles. The van der Waals surface area contributed by atoms with Gasteiger partial charge in [-0.2, -0.15) is 0 Å². The number of halogens is 2. The summed E-state index contributed by atoms with van der Waals surface area (Å²) in [5.41, 5.74) is 3.59. The predicted molar refractivity (Wildman–Crippen MR) is 123 cm³/mol. The highest BCUT2D eigenvalue weighted by Gasteiger charge is 2.29. The maximum Gasteiger partial charge on any atom is 0.321 e. The van der Waals surface area contributed by atoms with Crippen LogP contribution in [-0.2, 0) is 5.92 Å². The number of carbonyl (C=O) groups excluding carboxylic acids is 1. The Hall–Kier alpha value is -3.46. The molecule has 9 heteroatoms. The first-order valence-corrected chi connectivity index (χ1v) is 11.0. The van der Waals surface area contributed by atoms with Gasteiger partial charge in [0.2, 0.25) is 0 Å². The summed E-state index contributed by atoms with van der Waals surface area (Å²) in [6.07, 6.45) is 4.35. The number of rotatable bonds is 6. The summed E-state index contributed by atoms with van der Waals surface area (Å²) in [7, 11) is 0. The first kappa shape index (κ1) is 21.8. The molecule has 6 nitrogen and oxygen atoms in total. The van der Waals surface area contributed by atoms with Crippen LogP contribution in [0.15, 0.2) is 55.0 Å². The average Bonchev–Trinajstić information content (AvgIpc) is 3.21. The second-order valence-electron chi connectivity index (χ2n) is 7.11. The summed E-state index contributed by atoms with van der Waals surface area (Å²) in [4.78, 5) is 25.0. The van der Waals surface area contributed by atoms with Crippen molar-refractivity contribution in [3.05, 3.63) is 60.6 Å².